The van der Waals surface area contributed by atoms with Crippen molar-refractivity contribution in [1.29, 1.82) is 0 Å². The lowest BCUT2D eigenvalue weighted by Crippen LogP contribution is -2.46. The van der Waals surface area contributed by atoms with Crippen molar-refractivity contribution in [2.24, 2.45) is 5.92 Å². The van der Waals surface area contributed by atoms with Crippen LogP contribution in [-0.4, -0.2) is 26.8 Å². The van der Waals surface area contributed by atoms with E-state index in [1.807, 2.05) is 33.0 Å². The molecule has 1 aromatic carbocycles. The molecule has 3 atom stereocenters. The number of rotatable bonds is 3. The largest absolute Gasteiger partial charge is 0.316 e. The molecule has 2 rings (SSSR count). The van der Waals surface area contributed by atoms with E-state index in [4.69, 9.17) is 0 Å². The van der Waals surface area contributed by atoms with Gasteiger partial charge in [-0.2, -0.15) is 0 Å². The molecule has 1 aromatic rings. The topological polar surface area (TPSA) is 46.2 Å². The lowest BCUT2D eigenvalue weighted by atomic mass is 9.87. The highest BCUT2D eigenvalue weighted by molar-refractivity contribution is 7.92. The predicted molar refractivity (Wildman–Crippen MR) is 82.8 cm³/mol. The van der Waals surface area contributed by atoms with Crippen molar-refractivity contribution in [2.75, 3.05) is 7.05 Å². The summed E-state index contributed by atoms with van der Waals surface area (Å²) in [5, 5.41) is 2.89. The van der Waals surface area contributed by atoms with Gasteiger partial charge in [0.2, 0.25) is 0 Å². The predicted octanol–water partition coefficient (Wildman–Crippen LogP) is 2.85. The molecule has 0 bridgehead atoms. The zero-order valence-corrected chi connectivity index (χ0v) is 13.6. The Balaban J connectivity index is 2.42. The van der Waals surface area contributed by atoms with Crippen molar-refractivity contribution in [2.45, 2.75) is 56.2 Å². The van der Waals surface area contributed by atoms with Crippen LogP contribution in [0.4, 0.5) is 0 Å². The summed E-state index contributed by atoms with van der Waals surface area (Å²) in [5.41, 5.74) is 1.96. The van der Waals surface area contributed by atoms with Crippen molar-refractivity contribution < 1.29 is 8.42 Å². The molecule has 0 heterocycles. The molecule has 20 heavy (non-hydrogen) atoms. The maximum Gasteiger partial charge on any atom is 0.183 e. The molecule has 0 aromatic heterocycles. The Morgan fingerprint density at radius 2 is 1.90 bits per heavy atom. The Bertz CT molecular complexity index is 580. The maximum atomic E-state index is 13.0. The summed E-state index contributed by atoms with van der Waals surface area (Å²) < 4.78 is 26.0. The van der Waals surface area contributed by atoms with Gasteiger partial charge in [-0.15, -0.1) is 0 Å². The van der Waals surface area contributed by atoms with Crippen molar-refractivity contribution in [1.82, 2.24) is 5.32 Å². The van der Waals surface area contributed by atoms with Gasteiger partial charge in [-0.1, -0.05) is 24.6 Å². The SMILES string of the molecule is CNC1CCC(C)CC1S(=O)(=O)c1ccc(C)cc1C. The molecule has 1 N–H and O–H groups in total. The average Bonchev–Trinajstić information content (AvgIpc) is 2.38. The van der Waals surface area contributed by atoms with Gasteiger partial charge >= 0.3 is 0 Å². The molecule has 0 aliphatic heterocycles. The molecule has 0 amide bonds. The highest BCUT2D eigenvalue weighted by Crippen LogP contribution is 2.33. The van der Waals surface area contributed by atoms with Crippen LogP contribution in [0.2, 0.25) is 0 Å². The Morgan fingerprint density at radius 1 is 1.20 bits per heavy atom. The van der Waals surface area contributed by atoms with Gasteiger partial charge in [0.25, 0.3) is 0 Å². The van der Waals surface area contributed by atoms with Crippen molar-refractivity contribution in [3.05, 3.63) is 29.3 Å². The third-order valence-electron chi connectivity index (χ3n) is 4.46. The van der Waals surface area contributed by atoms with Crippen LogP contribution in [0.25, 0.3) is 0 Å². The molecule has 0 radical (unpaired) electrons. The molecular formula is C16H25NO2S. The van der Waals surface area contributed by atoms with Gasteiger partial charge in [0.15, 0.2) is 9.84 Å². The summed E-state index contributed by atoms with van der Waals surface area (Å²) in [7, 11) is -1.40. The van der Waals surface area contributed by atoms with E-state index in [1.165, 1.54) is 0 Å². The lowest BCUT2D eigenvalue weighted by molar-refractivity contribution is 0.319. The number of benzene rings is 1. The molecule has 3 nitrogen and oxygen atoms in total. The van der Waals surface area contributed by atoms with Crippen LogP contribution in [-0.2, 0) is 9.84 Å². The fraction of sp³-hybridized carbons (Fsp3) is 0.625. The first-order valence-corrected chi connectivity index (χ1v) is 8.89. The van der Waals surface area contributed by atoms with E-state index < -0.39 is 9.84 Å². The van der Waals surface area contributed by atoms with Crippen LogP contribution < -0.4 is 5.32 Å². The number of aryl methyl sites for hydroxylation is 2. The fourth-order valence-electron chi connectivity index (χ4n) is 3.28. The highest BCUT2D eigenvalue weighted by Gasteiger charge is 2.38. The molecule has 0 saturated heterocycles. The molecule has 1 aliphatic rings. The number of sulfone groups is 1. The van der Waals surface area contributed by atoms with Gasteiger partial charge in [0.05, 0.1) is 10.1 Å². The number of hydrogen-bond acceptors (Lipinski definition) is 3. The summed E-state index contributed by atoms with van der Waals surface area (Å²) >= 11 is 0. The van der Waals surface area contributed by atoms with Crippen LogP contribution in [0.3, 0.4) is 0 Å². The number of nitrogens with one attached hydrogen (secondary N) is 1. The quantitative estimate of drug-likeness (QED) is 0.932. The van der Waals surface area contributed by atoms with Crippen LogP contribution in [0.5, 0.6) is 0 Å². The second-order valence-corrected chi connectivity index (χ2v) is 8.30. The third kappa shape index (κ3) is 2.91. The summed E-state index contributed by atoms with van der Waals surface area (Å²) in [6, 6.07) is 5.68. The monoisotopic (exact) mass is 295 g/mol. The normalized spacial score (nSPS) is 27.5. The molecule has 112 valence electrons. The van der Waals surface area contributed by atoms with Gasteiger partial charge in [-0.05, 0) is 57.7 Å². The smallest absolute Gasteiger partial charge is 0.183 e. The second-order valence-electron chi connectivity index (χ2n) is 6.17. The molecule has 1 fully saturated rings. The lowest BCUT2D eigenvalue weighted by Gasteiger charge is -2.34. The number of hydrogen-bond donors (Lipinski definition) is 1. The minimum absolute atomic E-state index is 0.0666. The van der Waals surface area contributed by atoms with Gasteiger partial charge in [-0.25, -0.2) is 8.42 Å². The van der Waals surface area contributed by atoms with E-state index in [0.717, 1.165) is 30.4 Å². The third-order valence-corrected chi connectivity index (χ3v) is 6.85. The summed E-state index contributed by atoms with van der Waals surface area (Å²) in [4.78, 5) is 0.502. The van der Waals surface area contributed by atoms with E-state index in [2.05, 4.69) is 12.2 Å². The van der Waals surface area contributed by atoms with Crippen LogP contribution in [0, 0.1) is 19.8 Å². The van der Waals surface area contributed by atoms with E-state index in [9.17, 15) is 8.42 Å². The van der Waals surface area contributed by atoms with Gasteiger partial charge in [-0.3, -0.25) is 0 Å². The summed E-state index contributed by atoms with van der Waals surface area (Å²) in [6.07, 6.45) is 2.79. The van der Waals surface area contributed by atoms with E-state index >= 15 is 0 Å². The Kier molecular flexibility index (Phi) is 4.55. The van der Waals surface area contributed by atoms with Crippen LogP contribution in [0.15, 0.2) is 23.1 Å². The summed E-state index contributed by atoms with van der Waals surface area (Å²) in [5.74, 6) is 0.477. The average molecular weight is 295 g/mol. The van der Waals surface area contributed by atoms with Crippen molar-refractivity contribution >= 4 is 9.84 Å². The highest BCUT2D eigenvalue weighted by atomic mass is 32.2. The first-order chi connectivity index (χ1) is 9.36. The van der Waals surface area contributed by atoms with Gasteiger partial charge in [0, 0.05) is 6.04 Å². The first kappa shape index (κ1) is 15.5. The van der Waals surface area contributed by atoms with Crippen LogP contribution in [0.1, 0.15) is 37.3 Å². The minimum Gasteiger partial charge on any atom is -0.316 e. The van der Waals surface area contributed by atoms with Crippen molar-refractivity contribution in [3.63, 3.8) is 0 Å². The fourth-order valence-corrected chi connectivity index (χ4v) is 5.66. The van der Waals surface area contributed by atoms with Gasteiger partial charge < -0.3 is 5.32 Å². The van der Waals surface area contributed by atoms with Crippen molar-refractivity contribution in [3.8, 4) is 0 Å². The first-order valence-electron chi connectivity index (χ1n) is 7.34. The minimum atomic E-state index is -3.27. The van der Waals surface area contributed by atoms with E-state index in [-0.39, 0.29) is 11.3 Å². The zero-order chi connectivity index (χ0) is 14.9. The molecule has 4 heteroatoms. The zero-order valence-electron chi connectivity index (χ0n) is 12.8. The second kappa shape index (κ2) is 5.86. The maximum absolute atomic E-state index is 13.0. The molecule has 0 spiro atoms. The Labute approximate surface area is 122 Å². The van der Waals surface area contributed by atoms with Crippen LogP contribution >= 0.6 is 0 Å². The molecule has 1 aliphatic carbocycles. The van der Waals surface area contributed by atoms with E-state index in [1.54, 1.807) is 6.07 Å². The molecular weight excluding hydrogens is 270 g/mol. The van der Waals surface area contributed by atoms with Gasteiger partial charge in [0.1, 0.15) is 0 Å². The molecule has 3 unspecified atom stereocenters. The summed E-state index contributed by atoms with van der Waals surface area (Å²) in [6.45, 7) is 6.03. The Hall–Kier alpha value is -0.870. The molecule has 1 saturated carbocycles. The van der Waals surface area contributed by atoms with E-state index in [0.29, 0.717) is 10.8 Å². The Morgan fingerprint density at radius 3 is 2.50 bits per heavy atom. The standard InChI is InChI=1S/C16H25NO2S/c1-11-6-8-15(13(3)9-11)20(18,19)16-10-12(2)5-7-14(16)17-4/h6,8-9,12,14,16-17H,5,7,10H2,1-4H3.